The molecule has 0 unspecified atom stereocenters. The molecule has 1 aromatic carbocycles. The van der Waals surface area contributed by atoms with Crippen LogP contribution in [0.3, 0.4) is 0 Å². The molecular weight excluding hydrogens is 196 g/mol. The number of ether oxygens (including phenoxy) is 1. The highest BCUT2D eigenvalue weighted by Gasteiger charge is 1.92. The fourth-order valence-electron chi connectivity index (χ4n) is 0.947. The van der Waals surface area contributed by atoms with Gasteiger partial charge in [0.2, 0.25) is 5.12 Å². The minimum atomic E-state index is 0.0563. The number of carbonyl (C=O) groups excluding carboxylic acids is 1. The van der Waals surface area contributed by atoms with Crippen LogP contribution in [0.15, 0.2) is 30.3 Å². The molecule has 0 aliphatic carbocycles. The molecule has 0 spiro atoms. The van der Waals surface area contributed by atoms with Gasteiger partial charge in [-0.1, -0.05) is 30.0 Å². The molecule has 0 atom stereocenters. The van der Waals surface area contributed by atoms with Crippen molar-refractivity contribution < 1.29 is 9.53 Å². The second-order valence-electron chi connectivity index (χ2n) is 2.63. The van der Waals surface area contributed by atoms with Crippen molar-refractivity contribution in [1.82, 2.24) is 0 Å². The molecule has 0 radical (unpaired) electrons. The third kappa shape index (κ3) is 3.26. The quantitative estimate of drug-likeness (QED) is 0.714. The molecule has 0 aromatic heterocycles. The second-order valence-corrected chi connectivity index (χ2v) is 3.44. The van der Waals surface area contributed by atoms with Crippen LogP contribution in [-0.2, 0) is 4.79 Å². The molecule has 1 rings (SSSR count). The fraction of sp³-hybridized carbons (Fsp3) is 0.182. The van der Waals surface area contributed by atoms with Crippen molar-refractivity contribution >= 4 is 23.0 Å². The average molecular weight is 208 g/mol. The van der Waals surface area contributed by atoms with E-state index in [1.54, 1.807) is 25.5 Å². The minimum Gasteiger partial charge on any atom is -0.497 e. The molecule has 14 heavy (non-hydrogen) atoms. The number of benzene rings is 1. The van der Waals surface area contributed by atoms with Crippen LogP contribution in [-0.4, -0.2) is 18.5 Å². The highest BCUT2D eigenvalue weighted by atomic mass is 32.2. The van der Waals surface area contributed by atoms with Gasteiger partial charge >= 0.3 is 0 Å². The van der Waals surface area contributed by atoms with Crippen molar-refractivity contribution in [3.8, 4) is 5.75 Å². The Labute approximate surface area is 88.0 Å². The van der Waals surface area contributed by atoms with Gasteiger partial charge in [-0.2, -0.15) is 0 Å². The molecule has 2 nitrogen and oxygen atoms in total. The average Bonchev–Trinajstić information content (AvgIpc) is 2.26. The van der Waals surface area contributed by atoms with Gasteiger partial charge in [-0.15, -0.1) is 0 Å². The van der Waals surface area contributed by atoms with Gasteiger partial charge in [0.15, 0.2) is 0 Å². The predicted molar refractivity (Wildman–Crippen MR) is 60.6 cm³/mol. The van der Waals surface area contributed by atoms with E-state index in [2.05, 4.69) is 0 Å². The van der Waals surface area contributed by atoms with Crippen LogP contribution >= 0.6 is 11.8 Å². The number of carbonyl (C=O) groups is 1. The minimum absolute atomic E-state index is 0.0563. The second kappa shape index (κ2) is 5.50. The number of hydrogen-bond donors (Lipinski definition) is 0. The monoisotopic (exact) mass is 208 g/mol. The van der Waals surface area contributed by atoms with Crippen LogP contribution in [0, 0.1) is 0 Å². The molecular formula is C11H12O2S. The van der Waals surface area contributed by atoms with Gasteiger partial charge in [0.25, 0.3) is 0 Å². The molecule has 3 heteroatoms. The van der Waals surface area contributed by atoms with Crippen molar-refractivity contribution in [2.24, 2.45) is 0 Å². The first kappa shape index (κ1) is 10.9. The molecule has 0 fully saturated rings. The molecule has 1 aromatic rings. The van der Waals surface area contributed by atoms with Crippen LogP contribution in [0.2, 0.25) is 0 Å². The van der Waals surface area contributed by atoms with Gasteiger partial charge in [0.1, 0.15) is 5.75 Å². The smallest absolute Gasteiger partial charge is 0.211 e. The summed E-state index contributed by atoms with van der Waals surface area (Å²) in [5, 5.41) is 0.0563. The maximum atomic E-state index is 11.0. The van der Waals surface area contributed by atoms with Crippen LogP contribution in [0.4, 0.5) is 0 Å². The van der Waals surface area contributed by atoms with Crippen LogP contribution in [0.1, 0.15) is 5.56 Å². The van der Waals surface area contributed by atoms with Crippen LogP contribution in [0.25, 0.3) is 6.08 Å². The Morgan fingerprint density at radius 2 is 2.00 bits per heavy atom. The third-order valence-electron chi connectivity index (χ3n) is 1.73. The van der Waals surface area contributed by atoms with E-state index in [0.29, 0.717) is 0 Å². The largest absolute Gasteiger partial charge is 0.497 e. The molecule has 0 bridgehead atoms. The Balaban J connectivity index is 2.68. The fourth-order valence-corrected chi connectivity index (χ4v) is 1.15. The van der Waals surface area contributed by atoms with Crippen molar-refractivity contribution in [1.29, 1.82) is 0 Å². The first-order valence-electron chi connectivity index (χ1n) is 4.16. The molecule has 0 heterocycles. The zero-order valence-electron chi connectivity index (χ0n) is 8.19. The Morgan fingerprint density at radius 1 is 1.36 bits per heavy atom. The van der Waals surface area contributed by atoms with Gasteiger partial charge in [0.05, 0.1) is 7.11 Å². The highest BCUT2D eigenvalue weighted by Crippen LogP contribution is 2.12. The van der Waals surface area contributed by atoms with Crippen molar-refractivity contribution in [3.63, 3.8) is 0 Å². The summed E-state index contributed by atoms with van der Waals surface area (Å²) in [6.45, 7) is 0. The van der Waals surface area contributed by atoms with Crippen molar-refractivity contribution in [2.75, 3.05) is 13.4 Å². The standard InChI is InChI=1S/C11H12O2S/c1-13-10-6-3-9(4-7-10)5-8-11(12)14-2/h3-8H,1-2H3/b8-5+. The Morgan fingerprint density at radius 3 is 2.50 bits per heavy atom. The number of hydrogen-bond acceptors (Lipinski definition) is 3. The molecule has 0 aliphatic heterocycles. The van der Waals surface area contributed by atoms with E-state index in [1.165, 1.54) is 11.8 Å². The van der Waals surface area contributed by atoms with E-state index in [0.717, 1.165) is 11.3 Å². The lowest BCUT2D eigenvalue weighted by molar-refractivity contribution is -0.106. The number of thioether (sulfide) groups is 1. The topological polar surface area (TPSA) is 26.3 Å². The summed E-state index contributed by atoms with van der Waals surface area (Å²) in [4.78, 5) is 11.0. The van der Waals surface area contributed by atoms with Gasteiger partial charge in [-0.25, -0.2) is 0 Å². The van der Waals surface area contributed by atoms with Gasteiger partial charge in [-0.05, 0) is 30.0 Å². The van der Waals surface area contributed by atoms with E-state index < -0.39 is 0 Å². The third-order valence-corrected chi connectivity index (χ3v) is 2.27. The van der Waals surface area contributed by atoms with E-state index in [9.17, 15) is 4.79 Å². The van der Waals surface area contributed by atoms with Gasteiger partial charge in [-0.3, -0.25) is 4.79 Å². The summed E-state index contributed by atoms with van der Waals surface area (Å²) in [7, 11) is 1.63. The first-order chi connectivity index (χ1) is 6.76. The van der Waals surface area contributed by atoms with E-state index in [4.69, 9.17) is 4.74 Å². The molecule has 74 valence electrons. The summed E-state index contributed by atoms with van der Waals surface area (Å²) in [5.41, 5.74) is 0.994. The summed E-state index contributed by atoms with van der Waals surface area (Å²) in [6.07, 6.45) is 5.12. The SMILES string of the molecule is COc1ccc(/C=C/C(=O)SC)cc1. The number of rotatable bonds is 3. The van der Waals surface area contributed by atoms with E-state index in [1.807, 2.05) is 24.3 Å². The molecule has 0 N–H and O–H groups in total. The lowest BCUT2D eigenvalue weighted by Gasteiger charge is -1.98. The Kier molecular flexibility index (Phi) is 4.26. The zero-order chi connectivity index (χ0) is 10.4. The normalized spacial score (nSPS) is 10.4. The van der Waals surface area contributed by atoms with Crippen LogP contribution < -0.4 is 4.74 Å². The predicted octanol–water partition coefficient (Wildman–Crippen LogP) is 2.60. The van der Waals surface area contributed by atoms with Gasteiger partial charge in [0, 0.05) is 0 Å². The summed E-state index contributed by atoms with van der Waals surface area (Å²) in [6, 6.07) is 7.54. The Hall–Kier alpha value is -1.22. The van der Waals surface area contributed by atoms with Gasteiger partial charge < -0.3 is 4.74 Å². The molecule has 0 saturated carbocycles. The lowest BCUT2D eigenvalue weighted by Crippen LogP contribution is -1.83. The van der Waals surface area contributed by atoms with E-state index in [-0.39, 0.29) is 5.12 Å². The Bertz CT molecular complexity index is 328. The molecule has 0 amide bonds. The van der Waals surface area contributed by atoms with Crippen LogP contribution in [0.5, 0.6) is 5.75 Å². The summed E-state index contributed by atoms with van der Waals surface area (Å²) >= 11 is 1.20. The lowest BCUT2D eigenvalue weighted by atomic mass is 10.2. The van der Waals surface area contributed by atoms with E-state index >= 15 is 0 Å². The summed E-state index contributed by atoms with van der Waals surface area (Å²) in [5.74, 6) is 0.818. The molecule has 0 aliphatic rings. The first-order valence-corrected chi connectivity index (χ1v) is 5.39. The maximum absolute atomic E-state index is 11.0. The maximum Gasteiger partial charge on any atom is 0.211 e. The highest BCUT2D eigenvalue weighted by molar-refractivity contribution is 8.13. The molecule has 0 saturated heterocycles. The number of methoxy groups -OCH3 is 1. The summed E-state index contributed by atoms with van der Waals surface area (Å²) < 4.78 is 5.02. The zero-order valence-corrected chi connectivity index (χ0v) is 9.01. The van der Waals surface area contributed by atoms with Crippen molar-refractivity contribution in [2.45, 2.75) is 0 Å². The van der Waals surface area contributed by atoms with Crippen molar-refractivity contribution in [3.05, 3.63) is 35.9 Å².